The highest BCUT2D eigenvalue weighted by atomic mass is 16.2. The zero-order valence-electron chi connectivity index (χ0n) is 16.4. The fraction of sp³-hybridized carbons (Fsp3) is 0.0833. The number of rotatable bonds is 5. The van der Waals surface area contributed by atoms with Crippen LogP contribution in [0.5, 0.6) is 0 Å². The molecule has 0 aliphatic carbocycles. The molecule has 0 radical (unpaired) electrons. The number of para-hydroxylation sites is 1. The number of amides is 1. The average molecular weight is 382 g/mol. The van der Waals surface area contributed by atoms with E-state index in [9.17, 15) is 4.79 Å². The number of carbonyl (C=O) groups is 1. The number of aromatic amines is 1. The Morgan fingerprint density at radius 2 is 1.62 bits per heavy atom. The van der Waals surface area contributed by atoms with Gasteiger partial charge in [0.25, 0.3) is 5.91 Å². The van der Waals surface area contributed by atoms with Gasteiger partial charge in [-0.05, 0) is 29.3 Å². The first kappa shape index (κ1) is 18.5. The smallest absolute Gasteiger partial charge is 0.288 e. The molecule has 0 atom stereocenters. The largest absolute Gasteiger partial charge is 0.378 e. The number of anilines is 1. The van der Waals surface area contributed by atoms with Crippen molar-refractivity contribution in [3.8, 4) is 11.1 Å². The summed E-state index contributed by atoms with van der Waals surface area (Å²) >= 11 is 0. The van der Waals surface area contributed by atoms with E-state index in [2.05, 4.69) is 15.5 Å². The molecule has 3 aromatic carbocycles. The molecule has 1 heterocycles. The summed E-state index contributed by atoms with van der Waals surface area (Å²) in [6.45, 7) is 0. The lowest BCUT2D eigenvalue weighted by Crippen LogP contribution is -2.18. The van der Waals surface area contributed by atoms with Gasteiger partial charge in [-0.3, -0.25) is 4.79 Å². The summed E-state index contributed by atoms with van der Waals surface area (Å²) in [6, 6.07) is 25.7. The highest BCUT2D eigenvalue weighted by Gasteiger charge is 2.18. The normalized spacial score (nSPS) is 11.1. The number of aromatic nitrogens is 1. The van der Waals surface area contributed by atoms with E-state index in [4.69, 9.17) is 0 Å². The van der Waals surface area contributed by atoms with E-state index in [0.29, 0.717) is 5.69 Å². The second-order valence-corrected chi connectivity index (χ2v) is 6.97. The van der Waals surface area contributed by atoms with Crippen LogP contribution in [-0.4, -0.2) is 31.2 Å². The molecule has 0 aliphatic rings. The van der Waals surface area contributed by atoms with Gasteiger partial charge in [-0.2, -0.15) is 5.10 Å². The molecule has 4 aromatic rings. The molecule has 0 spiro atoms. The second kappa shape index (κ2) is 8.02. The summed E-state index contributed by atoms with van der Waals surface area (Å²) < 4.78 is 0. The molecular weight excluding hydrogens is 360 g/mol. The van der Waals surface area contributed by atoms with Crippen molar-refractivity contribution in [1.82, 2.24) is 10.4 Å². The van der Waals surface area contributed by atoms with Crippen LogP contribution in [0.3, 0.4) is 0 Å². The predicted octanol–water partition coefficient (Wildman–Crippen LogP) is 4.66. The molecule has 0 saturated heterocycles. The monoisotopic (exact) mass is 382 g/mol. The number of carbonyl (C=O) groups excluding carboxylic acids is 1. The number of benzene rings is 3. The fourth-order valence-corrected chi connectivity index (χ4v) is 3.30. The number of nitrogens with zero attached hydrogens (tertiary/aromatic N) is 2. The van der Waals surface area contributed by atoms with Crippen molar-refractivity contribution < 1.29 is 4.79 Å². The Morgan fingerprint density at radius 1 is 0.931 bits per heavy atom. The average Bonchev–Trinajstić information content (AvgIpc) is 3.14. The molecule has 29 heavy (non-hydrogen) atoms. The van der Waals surface area contributed by atoms with E-state index in [0.717, 1.165) is 33.3 Å². The molecule has 0 fully saturated rings. The molecule has 5 nitrogen and oxygen atoms in total. The molecule has 0 bridgehead atoms. The van der Waals surface area contributed by atoms with Crippen molar-refractivity contribution in [3.05, 3.63) is 90.1 Å². The summed E-state index contributed by atoms with van der Waals surface area (Å²) in [7, 11) is 3.99. The standard InChI is InChI=1S/C24H22N4O/c1-28(2)19-14-12-17(13-15-19)16-25-27-24(29)23-22(18-8-4-3-5-9-18)20-10-6-7-11-21(20)26-23/h3-16,26H,1-2H3,(H,27,29)/b25-16-. The Balaban J connectivity index is 1.60. The van der Waals surface area contributed by atoms with Crippen molar-refractivity contribution in [1.29, 1.82) is 0 Å². The maximum atomic E-state index is 12.9. The number of H-pyrrole nitrogens is 1. The summed E-state index contributed by atoms with van der Waals surface area (Å²) in [6.07, 6.45) is 1.64. The van der Waals surface area contributed by atoms with Gasteiger partial charge in [-0.15, -0.1) is 0 Å². The zero-order chi connectivity index (χ0) is 20.2. The Hall–Kier alpha value is -3.86. The van der Waals surface area contributed by atoms with Gasteiger partial charge >= 0.3 is 0 Å². The van der Waals surface area contributed by atoms with Gasteiger partial charge in [0, 0.05) is 36.2 Å². The number of hydrazone groups is 1. The third kappa shape index (κ3) is 3.89. The van der Waals surface area contributed by atoms with Crippen LogP contribution in [0.4, 0.5) is 5.69 Å². The maximum Gasteiger partial charge on any atom is 0.288 e. The van der Waals surface area contributed by atoms with Gasteiger partial charge in [-0.1, -0.05) is 60.7 Å². The molecular formula is C24H22N4O. The lowest BCUT2D eigenvalue weighted by molar-refractivity contribution is 0.0951. The van der Waals surface area contributed by atoms with Crippen LogP contribution in [0.1, 0.15) is 16.1 Å². The van der Waals surface area contributed by atoms with E-state index in [1.807, 2.05) is 97.9 Å². The molecule has 1 amide bonds. The first-order chi connectivity index (χ1) is 14.1. The van der Waals surface area contributed by atoms with Crippen molar-refractivity contribution in [2.45, 2.75) is 0 Å². The van der Waals surface area contributed by atoms with E-state index < -0.39 is 0 Å². The molecule has 0 saturated carbocycles. The van der Waals surface area contributed by atoms with Crippen LogP contribution < -0.4 is 10.3 Å². The fourth-order valence-electron chi connectivity index (χ4n) is 3.30. The molecule has 0 aliphatic heterocycles. The lowest BCUT2D eigenvalue weighted by Gasteiger charge is -2.11. The minimum Gasteiger partial charge on any atom is -0.378 e. The summed E-state index contributed by atoms with van der Waals surface area (Å²) in [5, 5.41) is 5.15. The summed E-state index contributed by atoms with van der Waals surface area (Å²) in [4.78, 5) is 18.2. The number of fused-ring (bicyclic) bond motifs is 1. The molecule has 2 N–H and O–H groups in total. The third-order valence-corrected chi connectivity index (χ3v) is 4.78. The Morgan fingerprint density at radius 3 is 2.34 bits per heavy atom. The van der Waals surface area contributed by atoms with Gasteiger partial charge in [0.1, 0.15) is 5.69 Å². The van der Waals surface area contributed by atoms with Crippen molar-refractivity contribution in [2.24, 2.45) is 5.10 Å². The van der Waals surface area contributed by atoms with Gasteiger partial charge in [-0.25, -0.2) is 5.43 Å². The highest BCUT2D eigenvalue weighted by Crippen LogP contribution is 2.32. The quantitative estimate of drug-likeness (QED) is 0.389. The highest BCUT2D eigenvalue weighted by molar-refractivity contribution is 6.09. The van der Waals surface area contributed by atoms with Crippen molar-refractivity contribution in [3.63, 3.8) is 0 Å². The van der Waals surface area contributed by atoms with Crippen LogP contribution in [-0.2, 0) is 0 Å². The first-order valence-corrected chi connectivity index (χ1v) is 9.40. The Kier molecular flexibility index (Phi) is 5.12. The predicted molar refractivity (Wildman–Crippen MR) is 120 cm³/mol. The van der Waals surface area contributed by atoms with E-state index in [-0.39, 0.29) is 5.91 Å². The number of nitrogens with one attached hydrogen (secondary N) is 2. The van der Waals surface area contributed by atoms with Crippen LogP contribution in [0, 0.1) is 0 Å². The van der Waals surface area contributed by atoms with E-state index in [1.54, 1.807) is 6.21 Å². The van der Waals surface area contributed by atoms with Crippen molar-refractivity contribution in [2.75, 3.05) is 19.0 Å². The summed E-state index contributed by atoms with van der Waals surface area (Å²) in [5.41, 5.74) is 7.94. The van der Waals surface area contributed by atoms with E-state index >= 15 is 0 Å². The minimum atomic E-state index is -0.277. The molecule has 5 heteroatoms. The number of hydrogen-bond donors (Lipinski definition) is 2. The van der Waals surface area contributed by atoms with Crippen molar-refractivity contribution >= 4 is 28.7 Å². The molecule has 4 rings (SSSR count). The van der Waals surface area contributed by atoms with Gasteiger partial charge in [0.15, 0.2) is 0 Å². The van der Waals surface area contributed by atoms with Gasteiger partial charge < -0.3 is 9.88 Å². The maximum absolute atomic E-state index is 12.9. The first-order valence-electron chi connectivity index (χ1n) is 9.40. The van der Waals surface area contributed by atoms with Crippen LogP contribution >= 0.6 is 0 Å². The Labute approximate surface area is 169 Å². The lowest BCUT2D eigenvalue weighted by atomic mass is 10.0. The van der Waals surface area contributed by atoms with Gasteiger partial charge in [0.2, 0.25) is 0 Å². The Bertz CT molecular complexity index is 1160. The molecule has 1 aromatic heterocycles. The third-order valence-electron chi connectivity index (χ3n) is 4.78. The van der Waals surface area contributed by atoms with E-state index in [1.165, 1.54) is 0 Å². The summed E-state index contributed by atoms with van der Waals surface area (Å²) in [5.74, 6) is -0.277. The second-order valence-electron chi connectivity index (χ2n) is 6.97. The number of hydrogen-bond acceptors (Lipinski definition) is 3. The molecule has 0 unspecified atom stereocenters. The van der Waals surface area contributed by atoms with Crippen LogP contribution in [0.15, 0.2) is 84.0 Å². The molecule has 144 valence electrons. The van der Waals surface area contributed by atoms with Crippen LogP contribution in [0.25, 0.3) is 22.0 Å². The van der Waals surface area contributed by atoms with Crippen LogP contribution in [0.2, 0.25) is 0 Å². The topological polar surface area (TPSA) is 60.5 Å². The minimum absolute atomic E-state index is 0.277. The van der Waals surface area contributed by atoms with Gasteiger partial charge in [0.05, 0.1) is 6.21 Å². The SMILES string of the molecule is CN(C)c1ccc(/C=N\NC(=O)c2[nH]c3ccccc3c2-c2ccccc2)cc1. The zero-order valence-corrected chi connectivity index (χ0v) is 16.4.